The van der Waals surface area contributed by atoms with Crippen molar-refractivity contribution in [2.45, 2.75) is 57.4 Å². The van der Waals surface area contributed by atoms with Crippen LogP contribution in [-0.2, 0) is 14.9 Å². The number of aromatic nitrogens is 3. The molecule has 3 heterocycles. The minimum absolute atomic E-state index is 0.321. The lowest BCUT2D eigenvalue weighted by molar-refractivity contribution is -0.147. The average Bonchev–Trinajstić information content (AvgIpc) is 2.77. The Hall–Kier alpha value is -2.94. The number of rotatable bonds is 9. The number of carboxylic acids is 1. The number of pyridine rings is 1. The first-order valence-corrected chi connectivity index (χ1v) is 11.4. The summed E-state index contributed by atoms with van der Waals surface area (Å²) in [5.41, 5.74) is 1.33. The van der Waals surface area contributed by atoms with Gasteiger partial charge in [0.05, 0.1) is 35.8 Å². The standard InChI is InChI=1S/C23H31N5O4/c1-3-28(18-6-10-31-11-7-18)20-19(27-17-14-25-22(26-15-17)32-4-2)12-16(13-24-20)23(21(29)30)8-5-9-23/h12-15,18,27H,3-11H2,1-2H3,(H,29,30). The summed E-state index contributed by atoms with van der Waals surface area (Å²) in [6.45, 7) is 6.74. The van der Waals surface area contributed by atoms with E-state index in [4.69, 9.17) is 14.5 Å². The van der Waals surface area contributed by atoms with E-state index in [0.717, 1.165) is 56.1 Å². The Bertz CT molecular complexity index is 926. The molecule has 1 aliphatic heterocycles. The second-order valence-corrected chi connectivity index (χ2v) is 8.28. The number of aliphatic carboxylic acids is 1. The van der Waals surface area contributed by atoms with Crippen LogP contribution in [0.1, 0.15) is 51.5 Å². The van der Waals surface area contributed by atoms with E-state index in [2.05, 4.69) is 27.1 Å². The van der Waals surface area contributed by atoms with Crippen molar-refractivity contribution >= 4 is 23.2 Å². The maximum Gasteiger partial charge on any atom is 0.316 e. The van der Waals surface area contributed by atoms with Crippen molar-refractivity contribution < 1.29 is 19.4 Å². The van der Waals surface area contributed by atoms with Gasteiger partial charge in [-0.05, 0) is 51.2 Å². The lowest BCUT2D eigenvalue weighted by Gasteiger charge is -2.39. The second kappa shape index (κ2) is 9.68. The Balaban J connectivity index is 1.70. The Morgan fingerprint density at radius 3 is 2.50 bits per heavy atom. The third-order valence-corrected chi connectivity index (χ3v) is 6.46. The van der Waals surface area contributed by atoms with E-state index < -0.39 is 11.4 Å². The second-order valence-electron chi connectivity index (χ2n) is 8.28. The summed E-state index contributed by atoms with van der Waals surface area (Å²) in [7, 11) is 0. The van der Waals surface area contributed by atoms with E-state index in [1.54, 1.807) is 18.6 Å². The zero-order chi connectivity index (χ0) is 22.6. The quantitative estimate of drug-likeness (QED) is 0.604. The number of carboxylic acid groups (broad SMARTS) is 1. The van der Waals surface area contributed by atoms with E-state index in [1.807, 2.05) is 13.0 Å². The number of nitrogens with one attached hydrogen (secondary N) is 1. The first kappa shape index (κ1) is 22.3. The Morgan fingerprint density at radius 2 is 1.94 bits per heavy atom. The van der Waals surface area contributed by atoms with E-state index in [0.29, 0.717) is 37.2 Å². The van der Waals surface area contributed by atoms with Crippen LogP contribution in [0.4, 0.5) is 17.2 Å². The highest BCUT2D eigenvalue weighted by molar-refractivity contribution is 5.84. The zero-order valence-corrected chi connectivity index (χ0v) is 18.7. The minimum Gasteiger partial charge on any atom is -0.481 e. The number of ether oxygens (including phenoxy) is 2. The van der Waals surface area contributed by atoms with Crippen LogP contribution < -0.4 is 15.0 Å². The largest absolute Gasteiger partial charge is 0.481 e. The predicted octanol–water partition coefficient (Wildman–Crippen LogP) is 3.53. The molecule has 9 nitrogen and oxygen atoms in total. The maximum absolute atomic E-state index is 12.1. The monoisotopic (exact) mass is 441 g/mol. The molecule has 2 N–H and O–H groups in total. The smallest absolute Gasteiger partial charge is 0.316 e. The highest BCUT2D eigenvalue weighted by Gasteiger charge is 2.46. The van der Waals surface area contributed by atoms with Crippen LogP contribution in [0.5, 0.6) is 6.01 Å². The molecule has 0 bridgehead atoms. The molecule has 2 aliphatic rings. The van der Waals surface area contributed by atoms with Crippen molar-refractivity contribution in [2.24, 2.45) is 0 Å². The average molecular weight is 442 g/mol. The number of anilines is 3. The van der Waals surface area contributed by atoms with Crippen LogP contribution in [0.2, 0.25) is 0 Å². The Kier molecular flexibility index (Phi) is 6.74. The van der Waals surface area contributed by atoms with Crippen molar-refractivity contribution in [1.82, 2.24) is 15.0 Å². The SMILES string of the molecule is CCOc1ncc(Nc2cc(C3(C(=O)O)CCC3)cnc2N(CC)C2CCOCC2)cn1. The van der Waals surface area contributed by atoms with Crippen molar-refractivity contribution in [2.75, 3.05) is 36.6 Å². The number of hydrogen-bond donors (Lipinski definition) is 2. The van der Waals surface area contributed by atoms with Crippen molar-refractivity contribution in [3.63, 3.8) is 0 Å². The van der Waals surface area contributed by atoms with Gasteiger partial charge >= 0.3 is 12.0 Å². The molecule has 0 aromatic carbocycles. The molecule has 2 fully saturated rings. The molecule has 32 heavy (non-hydrogen) atoms. The summed E-state index contributed by atoms with van der Waals surface area (Å²) in [4.78, 5) is 27.6. The van der Waals surface area contributed by atoms with Crippen molar-refractivity contribution in [3.8, 4) is 6.01 Å². The lowest BCUT2D eigenvalue weighted by atomic mass is 9.65. The van der Waals surface area contributed by atoms with E-state index in [-0.39, 0.29) is 0 Å². The molecular weight excluding hydrogens is 410 g/mol. The van der Waals surface area contributed by atoms with E-state index in [1.165, 1.54) is 0 Å². The highest BCUT2D eigenvalue weighted by Crippen LogP contribution is 2.45. The van der Waals surface area contributed by atoms with Crippen LogP contribution in [0, 0.1) is 0 Å². The fourth-order valence-corrected chi connectivity index (χ4v) is 4.51. The minimum atomic E-state index is -0.854. The molecule has 1 saturated carbocycles. The van der Waals surface area contributed by atoms with Gasteiger partial charge in [-0.15, -0.1) is 0 Å². The van der Waals surface area contributed by atoms with Gasteiger partial charge in [0.25, 0.3) is 0 Å². The van der Waals surface area contributed by atoms with Crippen LogP contribution >= 0.6 is 0 Å². The number of carbonyl (C=O) groups is 1. The Morgan fingerprint density at radius 1 is 1.22 bits per heavy atom. The fourth-order valence-electron chi connectivity index (χ4n) is 4.51. The molecule has 2 aromatic rings. The van der Waals surface area contributed by atoms with E-state index >= 15 is 0 Å². The topological polar surface area (TPSA) is 110 Å². The predicted molar refractivity (Wildman–Crippen MR) is 121 cm³/mol. The third kappa shape index (κ3) is 4.34. The summed E-state index contributed by atoms with van der Waals surface area (Å²) in [5, 5.41) is 13.3. The summed E-state index contributed by atoms with van der Waals surface area (Å²) in [6.07, 6.45) is 9.10. The van der Waals surface area contributed by atoms with Gasteiger partial charge in [0.2, 0.25) is 0 Å². The van der Waals surface area contributed by atoms with Crippen LogP contribution in [0.25, 0.3) is 0 Å². The third-order valence-electron chi connectivity index (χ3n) is 6.46. The molecule has 1 aliphatic carbocycles. The molecule has 172 valence electrons. The van der Waals surface area contributed by atoms with Crippen molar-refractivity contribution in [1.29, 1.82) is 0 Å². The van der Waals surface area contributed by atoms with Crippen LogP contribution in [0.15, 0.2) is 24.7 Å². The summed E-state index contributed by atoms with van der Waals surface area (Å²) < 4.78 is 10.9. The summed E-state index contributed by atoms with van der Waals surface area (Å²) in [5.74, 6) is 0.0160. The normalized spacial score (nSPS) is 17.9. The molecule has 0 atom stereocenters. The van der Waals surface area contributed by atoms with Gasteiger partial charge in [-0.2, -0.15) is 0 Å². The molecule has 9 heteroatoms. The van der Waals surface area contributed by atoms with Gasteiger partial charge in [-0.25, -0.2) is 15.0 Å². The number of hydrogen-bond acceptors (Lipinski definition) is 8. The summed E-state index contributed by atoms with van der Waals surface area (Å²) in [6, 6.07) is 2.58. The van der Waals surface area contributed by atoms with Crippen molar-refractivity contribution in [3.05, 3.63) is 30.2 Å². The first-order valence-electron chi connectivity index (χ1n) is 11.4. The first-order chi connectivity index (χ1) is 15.6. The van der Waals surface area contributed by atoms with Gasteiger partial charge < -0.3 is 24.8 Å². The summed E-state index contributed by atoms with van der Waals surface area (Å²) >= 11 is 0. The van der Waals surface area contributed by atoms with Gasteiger partial charge in [0, 0.05) is 32.0 Å². The molecule has 0 spiro atoms. The van der Waals surface area contributed by atoms with Gasteiger partial charge in [0.1, 0.15) is 0 Å². The van der Waals surface area contributed by atoms with Gasteiger partial charge in [-0.1, -0.05) is 6.42 Å². The highest BCUT2D eigenvalue weighted by atomic mass is 16.5. The molecular formula is C23H31N5O4. The van der Waals surface area contributed by atoms with Crippen LogP contribution in [-0.4, -0.2) is 58.4 Å². The molecule has 1 saturated heterocycles. The lowest BCUT2D eigenvalue weighted by Crippen LogP contribution is -2.43. The molecule has 2 aromatic heterocycles. The molecule has 0 unspecified atom stereocenters. The van der Waals surface area contributed by atoms with Crippen LogP contribution in [0.3, 0.4) is 0 Å². The Labute approximate surface area is 188 Å². The van der Waals surface area contributed by atoms with E-state index in [9.17, 15) is 9.90 Å². The van der Waals surface area contributed by atoms with Gasteiger partial charge in [-0.3, -0.25) is 4.79 Å². The molecule has 0 radical (unpaired) electrons. The van der Waals surface area contributed by atoms with Gasteiger partial charge in [0.15, 0.2) is 5.82 Å². The number of nitrogens with zero attached hydrogens (tertiary/aromatic N) is 4. The maximum atomic E-state index is 12.1. The zero-order valence-electron chi connectivity index (χ0n) is 18.7. The fraction of sp³-hybridized carbons (Fsp3) is 0.565. The molecule has 0 amide bonds. The molecule has 4 rings (SSSR count).